The molecule has 8 atom stereocenters. The second kappa shape index (κ2) is 7.56. The zero-order chi connectivity index (χ0) is 26.7. The molecule has 200 valence electrons. The van der Waals surface area contributed by atoms with Gasteiger partial charge >= 0.3 is 5.97 Å². The number of methoxy groups -OCH3 is 1. The standard InChI is InChI=1S/C32H48O4/c1-19-16-24(34)28(4,5)22-10-11-29(6)23(31(19,22)8)17-21(33)25-20-18-27(2,3)12-14-32(20,26(35)36-9)15-13-30(25,29)7/h17,19-20,22,25H,10-16,18H2,1-9H3/t19-,20-,22?,25-,29+,30+,31-,32-/m0/s1. The van der Waals surface area contributed by atoms with Gasteiger partial charge in [0.05, 0.1) is 12.5 Å². The van der Waals surface area contributed by atoms with Crippen molar-refractivity contribution in [1.29, 1.82) is 0 Å². The van der Waals surface area contributed by atoms with Crippen LogP contribution in [0, 0.1) is 56.2 Å². The summed E-state index contributed by atoms with van der Waals surface area (Å²) in [6, 6.07) is 0. The first kappa shape index (κ1) is 26.2. The predicted molar refractivity (Wildman–Crippen MR) is 141 cm³/mol. The molecular weight excluding hydrogens is 448 g/mol. The number of esters is 1. The van der Waals surface area contributed by atoms with E-state index in [1.165, 1.54) is 12.7 Å². The third-order valence-electron chi connectivity index (χ3n) is 13.3. The average molecular weight is 497 g/mol. The molecule has 4 heteroatoms. The van der Waals surface area contributed by atoms with Crippen LogP contribution in [0.2, 0.25) is 0 Å². The molecule has 0 radical (unpaired) electrons. The molecule has 4 nitrogen and oxygen atoms in total. The summed E-state index contributed by atoms with van der Waals surface area (Å²) in [5.41, 5.74) is 0.00986. The number of rotatable bonds is 1. The van der Waals surface area contributed by atoms with Crippen LogP contribution in [0.25, 0.3) is 0 Å². The Balaban J connectivity index is 1.68. The lowest BCUT2D eigenvalue weighted by Crippen LogP contribution is -2.67. The molecule has 0 N–H and O–H groups in total. The number of carbonyl (C=O) groups is 3. The van der Waals surface area contributed by atoms with Crippen molar-refractivity contribution in [3.8, 4) is 0 Å². The van der Waals surface area contributed by atoms with Crippen LogP contribution in [0.3, 0.4) is 0 Å². The van der Waals surface area contributed by atoms with Gasteiger partial charge in [-0.15, -0.1) is 0 Å². The Morgan fingerprint density at radius 1 is 0.944 bits per heavy atom. The van der Waals surface area contributed by atoms with Crippen LogP contribution in [0.5, 0.6) is 0 Å². The van der Waals surface area contributed by atoms with Crippen molar-refractivity contribution in [3.05, 3.63) is 11.6 Å². The Morgan fingerprint density at radius 3 is 2.22 bits per heavy atom. The minimum Gasteiger partial charge on any atom is -0.469 e. The molecule has 36 heavy (non-hydrogen) atoms. The van der Waals surface area contributed by atoms with E-state index in [9.17, 15) is 14.4 Å². The third-order valence-corrected chi connectivity index (χ3v) is 13.3. The molecule has 0 heterocycles. The summed E-state index contributed by atoms with van der Waals surface area (Å²) in [7, 11) is 1.51. The summed E-state index contributed by atoms with van der Waals surface area (Å²) < 4.78 is 5.43. The van der Waals surface area contributed by atoms with E-state index in [2.05, 4.69) is 55.4 Å². The Hall–Kier alpha value is -1.45. The molecule has 1 unspecified atom stereocenters. The van der Waals surface area contributed by atoms with E-state index in [-0.39, 0.29) is 62.5 Å². The molecule has 0 aromatic rings. The highest BCUT2D eigenvalue weighted by atomic mass is 16.5. The Labute approximate surface area is 218 Å². The first-order valence-corrected chi connectivity index (χ1v) is 14.4. The maximum atomic E-state index is 14.4. The normalized spacial score (nSPS) is 49.1. The smallest absolute Gasteiger partial charge is 0.312 e. The van der Waals surface area contributed by atoms with Gasteiger partial charge in [0.1, 0.15) is 5.78 Å². The predicted octanol–water partition coefficient (Wildman–Crippen LogP) is 6.96. The van der Waals surface area contributed by atoms with Crippen molar-refractivity contribution in [2.75, 3.05) is 7.11 Å². The molecule has 0 aliphatic heterocycles. The van der Waals surface area contributed by atoms with E-state index < -0.39 is 5.41 Å². The fourth-order valence-electron chi connectivity index (χ4n) is 10.6. The molecule has 0 spiro atoms. The summed E-state index contributed by atoms with van der Waals surface area (Å²) in [5.74, 6) is 0.819. The van der Waals surface area contributed by atoms with Gasteiger partial charge in [-0.3, -0.25) is 14.4 Å². The maximum Gasteiger partial charge on any atom is 0.312 e. The van der Waals surface area contributed by atoms with Gasteiger partial charge in [0.25, 0.3) is 0 Å². The molecule has 0 aromatic carbocycles. The minimum atomic E-state index is -0.542. The van der Waals surface area contributed by atoms with Gasteiger partial charge in [-0.25, -0.2) is 0 Å². The molecule has 5 aliphatic carbocycles. The monoisotopic (exact) mass is 496 g/mol. The van der Waals surface area contributed by atoms with Crippen LogP contribution in [-0.2, 0) is 19.1 Å². The van der Waals surface area contributed by atoms with Gasteiger partial charge < -0.3 is 4.74 Å². The van der Waals surface area contributed by atoms with E-state index in [1.807, 2.05) is 6.08 Å². The second-order valence-electron chi connectivity index (χ2n) is 15.4. The van der Waals surface area contributed by atoms with Crippen LogP contribution in [0.1, 0.15) is 107 Å². The summed E-state index contributed by atoms with van der Waals surface area (Å²) >= 11 is 0. The van der Waals surface area contributed by atoms with Gasteiger partial charge in [0.15, 0.2) is 5.78 Å². The van der Waals surface area contributed by atoms with E-state index in [0.29, 0.717) is 12.2 Å². The lowest BCUT2D eigenvalue weighted by molar-refractivity contribution is -0.194. The first-order valence-electron chi connectivity index (χ1n) is 14.4. The van der Waals surface area contributed by atoms with Crippen molar-refractivity contribution in [2.45, 2.75) is 107 Å². The third kappa shape index (κ3) is 2.96. The number of carbonyl (C=O) groups excluding carboxylic acids is 3. The molecule has 4 saturated carbocycles. The fraction of sp³-hybridized carbons (Fsp3) is 0.844. The van der Waals surface area contributed by atoms with Crippen LogP contribution in [0.15, 0.2) is 11.6 Å². The lowest BCUT2D eigenvalue weighted by atomic mass is 9.33. The van der Waals surface area contributed by atoms with Crippen LogP contribution >= 0.6 is 0 Å². The summed E-state index contributed by atoms with van der Waals surface area (Å²) in [6.07, 6.45) is 9.04. The Morgan fingerprint density at radius 2 is 1.58 bits per heavy atom. The highest BCUT2D eigenvalue weighted by Gasteiger charge is 2.71. The fourth-order valence-corrected chi connectivity index (χ4v) is 10.6. The number of Topliss-reactive ketones (excluding diaryl/α,β-unsaturated/α-hetero) is 1. The lowest BCUT2D eigenvalue weighted by Gasteiger charge is -2.70. The first-order chi connectivity index (χ1) is 16.5. The van der Waals surface area contributed by atoms with Crippen molar-refractivity contribution in [2.24, 2.45) is 56.2 Å². The number of ether oxygens (including phenoxy) is 1. The van der Waals surface area contributed by atoms with Gasteiger partial charge in [0.2, 0.25) is 0 Å². The van der Waals surface area contributed by atoms with Gasteiger partial charge in [-0.2, -0.15) is 0 Å². The molecule has 0 bridgehead atoms. The summed E-state index contributed by atoms with van der Waals surface area (Å²) in [5, 5.41) is 0. The van der Waals surface area contributed by atoms with Crippen molar-refractivity contribution in [1.82, 2.24) is 0 Å². The van der Waals surface area contributed by atoms with Crippen molar-refractivity contribution < 1.29 is 19.1 Å². The Bertz CT molecular complexity index is 1050. The number of allylic oxidation sites excluding steroid dienone is 2. The number of hydrogen-bond donors (Lipinski definition) is 0. The van der Waals surface area contributed by atoms with Gasteiger partial charge in [-0.1, -0.05) is 61.0 Å². The van der Waals surface area contributed by atoms with Crippen LogP contribution in [-0.4, -0.2) is 24.6 Å². The highest BCUT2D eigenvalue weighted by Crippen LogP contribution is 2.75. The maximum absolute atomic E-state index is 14.4. The average Bonchev–Trinajstić information content (AvgIpc) is 2.78. The highest BCUT2D eigenvalue weighted by molar-refractivity contribution is 5.96. The topological polar surface area (TPSA) is 60.4 Å². The molecule has 4 fully saturated rings. The Kier molecular flexibility index (Phi) is 5.50. The SMILES string of the molecule is COC(=O)[C@]12CCC(C)(C)C[C@H]1[C@H]1C(=O)C=C3[C@]4(C)C(CC[C@@]3(C)[C@]1(C)CC2)C(C)(C)C(=O)C[C@@H]4C. The molecule has 0 aromatic heterocycles. The molecule has 0 saturated heterocycles. The second-order valence-corrected chi connectivity index (χ2v) is 15.4. The number of ketones is 2. The summed E-state index contributed by atoms with van der Waals surface area (Å²) in [4.78, 5) is 40.9. The molecular formula is C32H48O4. The zero-order valence-corrected chi connectivity index (χ0v) is 24.2. The van der Waals surface area contributed by atoms with Gasteiger partial charge in [0, 0.05) is 17.8 Å². The molecule has 5 aliphatic rings. The van der Waals surface area contributed by atoms with E-state index in [1.54, 1.807) is 0 Å². The molecule has 5 rings (SSSR count). The van der Waals surface area contributed by atoms with E-state index >= 15 is 0 Å². The number of hydrogen-bond acceptors (Lipinski definition) is 4. The quantitative estimate of drug-likeness (QED) is 0.368. The van der Waals surface area contributed by atoms with Crippen LogP contribution < -0.4 is 0 Å². The molecule has 0 amide bonds. The van der Waals surface area contributed by atoms with E-state index in [4.69, 9.17) is 4.74 Å². The zero-order valence-electron chi connectivity index (χ0n) is 24.2. The van der Waals surface area contributed by atoms with Crippen molar-refractivity contribution in [3.63, 3.8) is 0 Å². The number of fused-ring (bicyclic) bond motifs is 7. The van der Waals surface area contributed by atoms with E-state index in [0.717, 1.165) is 44.9 Å². The van der Waals surface area contributed by atoms with Crippen LogP contribution in [0.4, 0.5) is 0 Å². The summed E-state index contributed by atoms with van der Waals surface area (Å²) in [6.45, 7) is 18.3. The van der Waals surface area contributed by atoms with Gasteiger partial charge in [-0.05, 0) is 90.4 Å². The minimum absolute atomic E-state index is 0.0157. The largest absolute Gasteiger partial charge is 0.469 e. The van der Waals surface area contributed by atoms with Crippen molar-refractivity contribution >= 4 is 17.5 Å².